The second-order valence-electron chi connectivity index (χ2n) is 4.31. The molecule has 0 fully saturated rings. The Morgan fingerprint density at radius 3 is 2.75 bits per heavy atom. The zero-order valence-electron chi connectivity index (χ0n) is 10.2. The lowest BCUT2D eigenvalue weighted by Crippen LogP contribution is -2.06. The zero-order valence-corrected chi connectivity index (χ0v) is 12.6. The summed E-state index contributed by atoms with van der Waals surface area (Å²) in [5.41, 5.74) is 1.39. The smallest absolute Gasteiger partial charge is 0.0213 e. The van der Waals surface area contributed by atoms with E-state index < -0.39 is 0 Å². The maximum Gasteiger partial charge on any atom is 0.0213 e. The molecule has 0 atom stereocenters. The van der Waals surface area contributed by atoms with Gasteiger partial charge in [-0.1, -0.05) is 35.8 Å². The molecule has 1 N–H and O–H groups in total. The summed E-state index contributed by atoms with van der Waals surface area (Å²) in [5, 5.41) is 3.21. The molecule has 0 amide bonds. The standard InChI is InChI=1S/C13H20BrNS/c1-10(2)6-7-16-13-8-12(14)5-4-11(13)9-15-3/h4-5,8,10,15H,6-7,9H2,1-3H3. The van der Waals surface area contributed by atoms with E-state index in [0.29, 0.717) is 0 Å². The van der Waals surface area contributed by atoms with E-state index in [0.717, 1.165) is 12.5 Å². The molecule has 0 spiro atoms. The molecule has 0 bridgehead atoms. The zero-order chi connectivity index (χ0) is 12.0. The SMILES string of the molecule is CNCc1ccc(Br)cc1SCCC(C)C. The van der Waals surface area contributed by atoms with E-state index in [1.54, 1.807) is 0 Å². The van der Waals surface area contributed by atoms with Gasteiger partial charge in [-0.25, -0.2) is 0 Å². The molecule has 1 aromatic carbocycles. The minimum absolute atomic E-state index is 0.785. The molecule has 0 aliphatic carbocycles. The summed E-state index contributed by atoms with van der Waals surface area (Å²) in [6.07, 6.45) is 1.27. The number of hydrogen-bond donors (Lipinski definition) is 1. The van der Waals surface area contributed by atoms with Crippen LogP contribution < -0.4 is 5.32 Å². The lowest BCUT2D eigenvalue weighted by Gasteiger charge is -2.10. The number of thioether (sulfide) groups is 1. The number of hydrogen-bond acceptors (Lipinski definition) is 2. The maximum atomic E-state index is 3.53. The maximum absolute atomic E-state index is 3.53. The van der Waals surface area contributed by atoms with Crippen LogP contribution in [0, 0.1) is 5.92 Å². The van der Waals surface area contributed by atoms with Gasteiger partial charge >= 0.3 is 0 Å². The van der Waals surface area contributed by atoms with Crippen LogP contribution in [0.1, 0.15) is 25.8 Å². The van der Waals surface area contributed by atoms with Crippen molar-refractivity contribution in [3.05, 3.63) is 28.2 Å². The van der Waals surface area contributed by atoms with Gasteiger partial charge < -0.3 is 5.32 Å². The molecule has 0 saturated carbocycles. The fourth-order valence-electron chi connectivity index (χ4n) is 1.40. The van der Waals surface area contributed by atoms with Crippen molar-refractivity contribution in [1.29, 1.82) is 0 Å². The third-order valence-corrected chi connectivity index (χ3v) is 3.97. The molecule has 0 aliphatic rings. The average Bonchev–Trinajstić information content (AvgIpc) is 2.21. The average molecular weight is 302 g/mol. The van der Waals surface area contributed by atoms with Crippen LogP contribution in [0.4, 0.5) is 0 Å². The quantitative estimate of drug-likeness (QED) is 0.786. The molecule has 1 rings (SSSR count). The minimum atomic E-state index is 0.785. The van der Waals surface area contributed by atoms with E-state index in [-0.39, 0.29) is 0 Å². The first-order valence-corrected chi connectivity index (χ1v) is 7.47. The van der Waals surface area contributed by atoms with Crippen LogP contribution in [0.15, 0.2) is 27.6 Å². The van der Waals surface area contributed by atoms with Crippen LogP contribution in [0.5, 0.6) is 0 Å². The molecule has 1 nitrogen and oxygen atoms in total. The second-order valence-corrected chi connectivity index (χ2v) is 6.37. The Balaban J connectivity index is 2.64. The predicted molar refractivity (Wildman–Crippen MR) is 77.1 cm³/mol. The highest BCUT2D eigenvalue weighted by Gasteiger charge is 2.04. The molecule has 3 heteroatoms. The molecule has 0 aromatic heterocycles. The lowest BCUT2D eigenvalue weighted by atomic mass is 10.2. The summed E-state index contributed by atoms with van der Waals surface area (Å²) in [7, 11) is 1.99. The van der Waals surface area contributed by atoms with Crippen molar-refractivity contribution in [2.75, 3.05) is 12.8 Å². The van der Waals surface area contributed by atoms with Gasteiger partial charge in [0.1, 0.15) is 0 Å². The van der Waals surface area contributed by atoms with Crippen LogP contribution in [-0.4, -0.2) is 12.8 Å². The molecule has 0 heterocycles. The lowest BCUT2D eigenvalue weighted by molar-refractivity contribution is 0.632. The van der Waals surface area contributed by atoms with Crippen molar-refractivity contribution in [3.63, 3.8) is 0 Å². The summed E-state index contributed by atoms with van der Waals surface area (Å²) < 4.78 is 1.17. The van der Waals surface area contributed by atoms with Gasteiger partial charge in [0.25, 0.3) is 0 Å². The van der Waals surface area contributed by atoms with Crippen LogP contribution >= 0.6 is 27.7 Å². The Morgan fingerprint density at radius 2 is 2.12 bits per heavy atom. The van der Waals surface area contributed by atoms with Crippen LogP contribution in [0.2, 0.25) is 0 Å². The van der Waals surface area contributed by atoms with Gasteiger partial charge in [-0.05, 0) is 42.8 Å². The van der Waals surface area contributed by atoms with Crippen molar-refractivity contribution in [2.45, 2.75) is 31.7 Å². The number of benzene rings is 1. The third kappa shape index (κ3) is 4.89. The van der Waals surface area contributed by atoms with Gasteiger partial charge in [-0.3, -0.25) is 0 Å². The number of halogens is 1. The van der Waals surface area contributed by atoms with Crippen LogP contribution in [0.25, 0.3) is 0 Å². The van der Waals surface area contributed by atoms with E-state index in [1.807, 2.05) is 18.8 Å². The summed E-state index contributed by atoms with van der Waals surface area (Å²) in [5.74, 6) is 1.98. The number of nitrogens with one attached hydrogen (secondary N) is 1. The van der Waals surface area contributed by atoms with Gasteiger partial charge in [0, 0.05) is 15.9 Å². The minimum Gasteiger partial charge on any atom is -0.316 e. The highest BCUT2D eigenvalue weighted by Crippen LogP contribution is 2.27. The normalized spacial score (nSPS) is 11.1. The second kappa shape index (κ2) is 7.36. The van der Waals surface area contributed by atoms with E-state index in [2.05, 4.69) is 53.3 Å². The Kier molecular flexibility index (Phi) is 6.47. The van der Waals surface area contributed by atoms with Gasteiger partial charge in [0.15, 0.2) is 0 Å². The first kappa shape index (κ1) is 14.1. The Hall–Kier alpha value is 0.01000. The summed E-state index contributed by atoms with van der Waals surface area (Å²) in [6, 6.07) is 6.52. The molecule has 16 heavy (non-hydrogen) atoms. The molecular weight excluding hydrogens is 282 g/mol. The highest BCUT2D eigenvalue weighted by molar-refractivity contribution is 9.10. The van der Waals surface area contributed by atoms with E-state index in [1.165, 1.54) is 27.1 Å². The molecule has 0 aliphatic heterocycles. The summed E-state index contributed by atoms with van der Waals surface area (Å²) >= 11 is 5.49. The van der Waals surface area contributed by atoms with Crippen molar-refractivity contribution in [2.24, 2.45) is 5.92 Å². The van der Waals surface area contributed by atoms with Crippen molar-refractivity contribution >= 4 is 27.7 Å². The molecule has 0 saturated heterocycles. The fraction of sp³-hybridized carbons (Fsp3) is 0.538. The van der Waals surface area contributed by atoms with Crippen molar-refractivity contribution in [3.8, 4) is 0 Å². The van der Waals surface area contributed by atoms with Gasteiger partial charge in [-0.2, -0.15) is 0 Å². The summed E-state index contributed by atoms with van der Waals surface area (Å²) in [4.78, 5) is 1.39. The van der Waals surface area contributed by atoms with Gasteiger partial charge in [0.05, 0.1) is 0 Å². The Labute approximate surface area is 112 Å². The molecule has 90 valence electrons. The van der Waals surface area contributed by atoms with Crippen LogP contribution in [-0.2, 0) is 6.54 Å². The monoisotopic (exact) mass is 301 g/mol. The van der Waals surface area contributed by atoms with E-state index in [9.17, 15) is 0 Å². The predicted octanol–water partition coefficient (Wildman–Crippen LogP) is 4.31. The first-order valence-electron chi connectivity index (χ1n) is 5.69. The first-order chi connectivity index (χ1) is 7.63. The van der Waals surface area contributed by atoms with Gasteiger partial charge in [-0.15, -0.1) is 11.8 Å². The van der Waals surface area contributed by atoms with Crippen molar-refractivity contribution in [1.82, 2.24) is 5.32 Å². The van der Waals surface area contributed by atoms with Crippen molar-refractivity contribution < 1.29 is 0 Å². The molecule has 0 unspecified atom stereocenters. The molecule has 1 aromatic rings. The Morgan fingerprint density at radius 1 is 1.38 bits per heavy atom. The topological polar surface area (TPSA) is 12.0 Å². The van der Waals surface area contributed by atoms with Gasteiger partial charge in [0.2, 0.25) is 0 Å². The fourth-order valence-corrected chi connectivity index (χ4v) is 3.26. The largest absolute Gasteiger partial charge is 0.316 e. The highest BCUT2D eigenvalue weighted by atomic mass is 79.9. The van der Waals surface area contributed by atoms with Crippen LogP contribution in [0.3, 0.4) is 0 Å². The Bertz CT molecular complexity index is 326. The molecule has 0 radical (unpaired) electrons. The summed E-state index contributed by atoms with van der Waals surface area (Å²) in [6.45, 7) is 5.49. The molecular formula is C13H20BrNS. The van der Waals surface area contributed by atoms with E-state index >= 15 is 0 Å². The number of rotatable bonds is 6. The van der Waals surface area contributed by atoms with E-state index in [4.69, 9.17) is 0 Å². The third-order valence-electron chi connectivity index (χ3n) is 2.35.